The van der Waals surface area contributed by atoms with E-state index in [-0.39, 0.29) is 0 Å². The number of anilines is 1. The molecule has 7 rings (SSSR count). The summed E-state index contributed by atoms with van der Waals surface area (Å²) in [5.41, 5.74) is 6.25. The monoisotopic (exact) mass is 443 g/mol. The molecule has 3 aromatic rings. The van der Waals surface area contributed by atoms with E-state index in [4.69, 9.17) is 4.98 Å². The molecule has 1 aliphatic heterocycles. The highest BCUT2D eigenvalue weighted by atomic mass is 32.1. The maximum Gasteiger partial charge on any atom is 0.184 e. The topological polar surface area (TPSA) is 28.2 Å². The summed E-state index contributed by atoms with van der Waals surface area (Å²) >= 11 is 1.83. The van der Waals surface area contributed by atoms with Gasteiger partial charge in [-0.3, -0.25) is 4.90 Å². The van der Waals surface area contributed by atoms with Crippen LogP contribution in [-0.2, 0) is 18.4 Å². The summed E-state index contributed by atoms with van der Waals surface area (Å²) in [7, 11) is 0. The second-order valence-electron chi connectivity index (χ2n) is 10.8. The zero-order valence-electron chi connectivity index (χ0n) is 18.9. The Labute approximate surface area is 195 Å². The lowest BCUT2D eigenvalue weighted by Crippen LogP contribution is -2.61. The van der Waals surface area contributed by atoms with Crippen LogP contribution in [0.5, 0.6) is 0 Å². The van der Waals surface area contributed by atoms with Crippen molar-refractivity contribution in [3.63, 3.8) is 0 Å². The summed E-state index contributed by atoms with van der Waals surface area (Å²) in [6.07, 6.45) is 11.2. The van der Waals surface area contributed by atoms with Crippen molar-refractivity contribution in [1.29, 1.82) is 0 Å². The molecular weight excluding hydrogens is 410 g/mol. The van der Waals surface area contributed by atoms with Gasteiger partial charge in [-0.25, -0.2) is 4.98 Å². The van der Waals surface area contributed by atoms with Crippen LogP contribution in [0, 0.1) is 11.8 Å². The number of aromatic nitrogens is 1. The molecule has 32 heavy (non-hydrogen) atoms. The van der Waals surface area contributed by atoms with Crippen molar-refractivity contribution >= 4 is 26.7 Å². The lowest BCUT2D eigenvalue weighted by molar-refractivity contribution is -0.0132. The van der Waals surface area contributed by atoms with Crippen LogP contribution in [0.1, 0.15) is 61.6 Å². The van der Waals surface area contributed by atoms with Gasteiger partial charge in [0.25, 0.3) is 0 Å². The Hall–Kier alpha value is -1.91. The summed E-state index contributed by atoms with van der Waals surface area (Å²) in [5.74, 6) is 1.86. The number of fused-ring (bicyclic) bond motifs is 2. The molecule has 2 bridgehead atoms. The number of piperidine rings is 1. The van der Waals surface area contributed by atoms with Gasteiger partial charge in [-0.2, -0.15) is 0 Å². The first kappa shape index (κ1) is 19.5. The third-order valence-corrected chi connectivity index (χ3v) is 9.91. The fourth-order valence-electron chi connectivity index (χ4n) is 7.22. The second-order valence-corrected chi connectivity index (χ2v) is 11.8. The van der Waals surface area contributed by atoms with Gasteiger partial charge in [0.2, 0.25) is 0 Å². The zero-order valence-corrected chi connectivity index (χ0v) is 19.7. The molecule has 1 N–H and O–H groups in total. The average Bonchev–Trinajstić information content (AvgIpc) is 3.56. The van der Waals surface area contributed by atoms with Gasteiger partial charge in [0.15, 0.2) is 5.13 Å². The van der Waals surface area contributed by atoms with Gasteiger partial charge < -0.3 is 5.32 Å². The smallest absolute Gasteiger partial charge is 0.184 e. The number of rotatable bonds is 5. The average molecular weight is 444 g/mol. The first-order valence-electron chi connectivity index (χ1n) is 12.7. The Balaban J connectivity index is 1.23. The van der Waals surface area contributed by atoms with E-state index in [1.165, 1.54) is 80.2 Å². The molecule has 0 amide bonds. The van der Waals surface area contributed by atoms with Gasteiger partial charge in [-0.1, -0.05) is 54.5 Å². The first-order chi connectivity index (χ1) is 15.8. The molecular formula is C28H33N3S. The zero-order chi connectivity index (χ0) is 21.1. The number of thiazole rings is 1. The van der Waals surface area contributed by atoms with Crippen molar-refractivity contribution in [2.24, 2.45) is 11.8 Å². The third kappa shape index (κ3) is 3.21. The van der Waals surface area contributed by atoms with Crippen LogP contribution < -0.4 is 5.32 Å². The van der Waals surface area contributed by atoms with Crippen LogP contribution >= 0.6 is 11.3 Å². The highest BCUT2D eigenvalue weighted by Crippen LogP contribution is 2.56. The van der Waals surface area contributed by atoms with E-state index in [9.17, 15) is 0 Å². The fraction of sp³-hybridized carbons (Fsp3) is 0.536. The van der Waals surface area contributed by atoms with Crippen molar-refractivity contribution in [2.75, 3.05) is 18.4 Å². The molecule has 2 aromatic carbocycles. The Kier molecular flexibility index (Phi) is 4.62. The van der Waals surface area contributed by atoms with E-state index in [1.807, 2.05) is 11.3 Å². The summed E-state index contributed by atoms with van der Waals surface area (Å²) in [6.45, 7) is 3.52. The van der Waals surface area contributed by atoms with Gasteiger partial charge >= 0.3 is 0 Å². The van der Waals surface area contributed by atoms with E-state index >= 15 is 0 Å². The van der Waals surface area contributed by atoms with Gasteiger partial charge in [-0.15, -0.1) is 0 Å². The molecule has 2 heterocycles. The van der Waals surface area contributed by atoms with E-state index in [2.05, 4.69) is 52.7 Å². The molecule has 2 saturated carbocycles. The molecule has 4 heteroatoms. The minimum Gasteiger partial charge on any atom is -0.357 e. The van der Waals surface area contributed by atoms with Gasteiger partial charge in [-0.05, 0) is 85.7 Å². The van der Waals surface area contributed by atoms with Crippen LogP contribution in [-0.4, -0.2) is 29.0 Å². The second kappa shape index (κ2) is 7.56. The largest absolute Gasteiger partial charge is 0.357 e. The highest BCUT2D eigenvalue weighted by Gasteiger charge is 2.54. The summed E-state index contributed by atoms with van der Waals surface area (Å²) in [6, 6.07) is 16.5. The highest BCUT2D eigenvalue weighted by molar-refractivity contribution is 7.22. The molecule has 1 aromatic heterocycles. The lowest BCUT2D eigenvalue weighted by atomic mass is 9.52. The number of benzene rings is 2. The molecule has 0 unspecified atom stereocenters. The maximum absolute atomic E-state index is 5.04. The predicted molar refractivity (Wildman–Crippen MR) is 133 cm³/mol. The molecule has 0 radical (unpaired) electrons. The van der Waals surface area contributed by atoms with Crippen LogP contribution in [0.3, 0.4) is 0 Å². The standard InChI is InChI=1S/C28H33N3S/c1-2-6-19(7-3-1)17-29-27-30-24-16-23-21(15-26(24)32-27)14-25-22-8-4-5-11-28(22,23)12-13-31(25)18-20-9-10-20/h1-3,6-7,15-16,20,22,25H,4-5,8-14,17-18H2,(H,29,30)/t22-,25+,28+/m0/s1. The van der Waals surface area contributed by atoms with Crippen molar-refractivity contribution in [1.82, 2.24) is 9.88 Å². The molecule has 3 atom stereocenters. The number of nitrogens with zero attached hydrogens (tertiary/aromatic N) is 2. The molecule has 0 spiro atoms. The number of likely N-dealkylation sites (tertiary alicyclic amines) is 1. The van der Waals surface area contributed by atoms with E-state index in [1.54, 1.807) is 11.1 Å². The molecule has 3 aliphatic carbocycles. The number of hydrogen-bond donors (Lipinski definition) is 1. The Morgan fingerprint density at radius 1 is 1.06 bits per heavy atom. The summed E-state index contributed by atoms with van der Waals surface area (Å²) < 4.78 is 1.36. The van der Waals surface area contributed by atoms with Gasteiger partial charge in [0, 0.05) is 24.5 Å². The molecule has 1 saturated heterocycles. The summed E-state index contributed by atoms with van der Waals surface area (Å²) in [4.78, 5) is 7.95. The fourth-order valence-corrected chi connectivity index (χ4v) is 8.13. The van der Waals surface area contributed by atoms with Crippen LogP contribution in [0.4, 0.5) is 5.13 Å². The minimum atomic E-state index is 0.423. The number of hydrogen-bond acceptors (Lipinski definition) is 4. The SMILES string of the molecule is c1ccc(CNc2nc3cc4c(cc3s2)C[C@@H]2[C@@H]3CCCC[C@]43CCN2CC2CC2)cc1. The van der Waals surface area contributed by atoms with Crippen LogP contribution in [0.25, 0.3) is 10.2 Å². The van der Waals surface area contributed by atoms with Gasteiger partial charge in [0.1, 0.15) is 0 Å². The van der Waals surface area contributed by atoms with Crippen LogP contribution in [0.15, 0.2) is 42.5 Å². The van der Waals surface area contributed by atoms with Crippen molar-refractivity contribution in [3.8, 4) is 0 Å². The van der Waals surface area contributed by atoms with E-state index in [0.717, 1.165) is 29.6 Å². The van der Waals surface area contributed by atoms with Crippen molar-refractivity contribution < 1.29 is 0 Å². The minimum absolute atomic E-state index is 0.423. The van der Waals surface area contributed by atoms with E-state index in [0.29, 0.717) is 5.41 Å². The van der Waals surface area contributed by atoms with Gasteiger partial charge in [0.05, 0.1) is 10.2 Å². The Morgan fingerprint density at radius 3 is 2.84 bits per heavy atom. The molecule has 4 aliphatic rings. The normalized spacial score (nSPS) is 29.5. The van der Waals surface area contributed by atoms with E-state index < -0.39 is 0 Å². The van der Waals surface area contributed by atoms with Crippen molar-refractivity contribution in [3.05, 3.63) is 59.2 Å². The summed E-state index contributed by atoms with van der Waals surface area (Å²) in [5, 5.41) is 4.63. The third-order valence-electron chi connectivity index (χ3n) is 8.93. The lowest BCUT2D eigenvalue weighted by Gasteiger charge is -2.59. The maximum atomic E-state index is 5.04. The quantitative estimate of drug-likeness (QED) is 0.496. The predicted octanol–water partition coefficient (Wildman–Crippen LogP) is 6.38. The molecule has 3 nitrogen and oxygen atoms in total. The first-order valence-corrected chi connectivity index (χ1v) is 13.6. The van der Waals surface area contributed by atoms with Crippen molar-refractivity contribution in [2.45, 2.75) is 69.4 Å². The number of nitrogens with one attached hydrogen (secondary N) is 1. The van der Waals surface area contributed by atoms with Crippen LogP contribution in [0.2, 0.25) is 0 Å². The molecule has 3 fully saturated rings. The Bertz CT molecular complexity index is 1130. The Morgan fingerprint density at radius 2 is 1.97 bits per heavy atom. The molecule has 166 valence electrons.